The normalized spacial score (nSPS) is 18.0. The molecule has 5 nitrogen and oxygen atoms in total. The summed E-state index contributed by atoms with van der Waals surface area (Å²) in [6, 6.07) is 1.97. The number of aromatic amines is 1. The molecule has 0 aromatic carbocycles. The Balaban J connectivity index is 1.87. The minimum absolute atomic E-state index is 0.0850. The lowest BCUT2D eigenvalue weighted by Gasteiger charge is -2.23. The van der Waals surface area contributed by atoms with E-state index in [4.69, 9.17) is 0 Å². The van der Waals surface area contributed by atoms with Crippen LogP contribution in [-0.2, 0) is 0 Å². The third-order valence-corrected chi connectivity index (χ3v) is 2.41. The molecule has 76 valence electrons. The van der Waals surface area contributed by atoms with Gasteiger partial charge in [0, 0.05) is 12.2 Å². The topological polar surface area (TPSA) is 69.8 Å². The van der Waals surface area contributed by atoms with Crippen LogP contribution in [-0.4, -0.2) is 35.2 Å². The summed E-state index contributed by atoms with van der Waals surface area (Å²) in [5.41, 5.74) is 0.462. The van der Waals surface area contributed by atoms with Crippen LogP contribution in [0.3, 0.4) is 0 Å². The molecule has 1 saturated heterocycles. The quantitative estimate of drug-likeness (QED) is 0.615. The predicted molar refractivity (Wildman–Crippen MR) is 51.9 cm³/mol. The molecule has 1 aromatic rings. The van der Waals surface area contributed by atoms with Crippen LogP contribution in [0, 0.1) is 0 Å². The van der Waals surface area contributed by atoms with Crippen molar-refractivity contribution >= 4 is 5.91 Å². The van der Waals surface area contributed by atoms with Crippen LogP contribution in [0.2, 0.25) is 0 Å². The van der Waals surface area contributed by atoms with Gasteiger partial charge in [0.1, 0.15) is 5.69 Å². The molecule has 5 heteroatoms. The fourth-order valence-electron chi connectivity index (χ4n) is 1.61. The van der Waals surface area contributed by atoms with Crippen LogP contribution < -0.4 is 10.6 Å². The SMILES string of the molecule is O=C(NC1CCNCC1)c1cc[nH]n1. The van der Waals surface area contributed by atoms with Gasteiger partial charge in [0.2, 0.25) is 0 Å². The van der Waals surface area contributed by atoms with E-state index in [0.29, 0.717) is 11.7 Å². The van der Waals surface area contributed by atoms with Crippen LogP contribution in [0.15, 0.2) is 12.3 Å². The molecule has 0 radical (unpaired) electrons. The lowest BCUT2D eigenvalue weighted by Crippen LogP contribution is -2.42. The molecule has 0 saturated carbocycles. The molecule has 0 aliphatic carbocycles. The average molecular weight is 194 g/mol. The monoisotopic (exact) mass is 194 g/mol. The summed E-state index contributed by atoms with van der Waals surface area (Å²) >= 11 is 0. The molecule has 1 amide bonds. The third-order valence-electron chi connectivity index (χ3n) is 2.41. The van der Waals surface area contributed by atoms with E-state index in [1.165, 1.54) is 0 Å². The predicted octanol–water partition coefficient (Wildman–Crippen LogP) is -0.109. The first-order chi connectivity index (χ1) is 6.86. The van der Waals surface area contributed by atoms with Gasteiger partial charge in [-0.3, -0.25) is 9.89 Å². The lowest BCUT2D eigenvalue weighted by atomic mass is 10.1. The number of rotatable bonds is 2. The van der Waals surface area contributed by atoms with Gasteiger partial charge in [0.25, 0.3) is 5.91 Å². The Morgan fingerprint density at radius 2 is 2.29 bits per heavy atom. The fraction of sp³-hybridized carbons (Fsp3) is 0.556. The van der Waals surface area contributed by atoms with Crippen LogP contribution >= 0.6 is 0 Å². The van der Waals surface area contributed by atoms with Crippen molar-refractivity contribution in [3.8, 4) is 0 Å². The maximum Gasteiger partial charge on any atom is 0.271 e. The molecule has 0 spiro atoms. The van der Waals surface area contributed by atoms with E-state index >= 15 is 0 Å². The lowest BCUT2D eigenvalue weighted by molar-refractivity contribution is 0.0924. The van der Waals surface area contributed by atoms with Gasteiger partial charge in [-0.25, -0.2) is 0 Å². The second-order valence-corrected chi connectivity index (χ2v) is 3.46. The minimum Gasteiger partial charge on any atom is -0.348 e. The molecule has 0 atom stereocenters. The zero-order valence-corrected chi connectivity index (χ0v) is 7.92. The number of hydrogen-bond donors (Lipinski definition) is 3. The fourth-order valence-corrected chi connectivity index (χ4v) is 1.61. The van der Waals surface area contributed by atoms with E-state index < -0.39 is 0 Å². The van der Waals surface area contributed by atoms with Gasteiger partial charge >= 0.3 is 0 Å². The van der Waals surface area contributed by atoms with Crippen molar-refractivity contribution in [2.24, 2.45) is 0 Å². The highest BCUT2D eigenvalue weighted by Gasteiger charge is 2.16. The summed E-state index contributed by atoms with van der Waals surface area (Å²) in [7, 11) is 0. The van der Waals surface area contributed by atoms with E-state index in [2.05, 4.69) is 20.8 Å². The smallest absolute Gasteiger partial charge is 0.271 e. The largest absolute Gasteiger partial charge is 0.348 e. The Morgan fingerprint density at radius 3 is 2.93 bits per heavy atom. The summed E-state index contributed by atoms with van der Waals surface area (Å²) in [5, 5.41) is 12.7. The Kier molecular flexibility index (Phi) is 2.78. The molecule has 0 bridgehead atoms. The number of carbonyl (C=O) groups is 1. The first-order valence-corrected chi connectivity index (χ1v) is 4.87. The molecule has 1 fully saturated rings. The van der Waals surface area contributed by atoms with Crippen LogP contribution in [0.5, 0.6) is 0 Å². The maximum absolute atomic E-state index is 11.6. The maximum atomic E-state index is 11.6. The molecule has 2 heterocycles. The molecule has 1 aliphatic rings. The number of nitrogens with one attached hydrogen (secondary N) is 3. The van der Waals surface area contributed by atoms with Crippen molar-refractivity contribution in [2.45, 2.75) is 18.9 Å². The van der Waals surface area contributed by atoms with Crippen molar-refractivity contribution in [3.05, 3.63) is 18.0 Å². The molecule has 0 unspecified atom stereocenters. The average Bonchev–Trinajstić information content (AvgIpc) is 2.72. The molecular weight excluding hydrogens is 180 g/mol. The van der Waals surface area contributed by atoms with E-state index in [0.717, 1.165) is 25.9 Å². The van der Waals surface area contributed by atoms with Gasteiger partial charge in [-0.15, -0.1) is 0 Å². The second kappa shape index (κ2) is 4.23. The molecule has 14 heavy (non-hydrogen) atoms. The van der Waals surface area contributed by atoms with Gasteiger partial charge in [-0.05, 0) is 32.0 Å². The van der Waals surface area contributed by atoms with Crippen molar-refractivity contribution in [3.63, 3.8) is 0 Å². The highest BCUT2D eigenvalue weighted by Crippen LogP contribution is 2.03. The molecule has 3 N–H and O–H groups in total. The zero-order valence-electron chi connectivity index (χ0n) is 7.92. The second-order valence-electron chi connectivity index (χ2n) is 3.46. The summed E-state index contributed by atoms with van der Waals surface area (Å²) in [6.07, 6.45) is 3.64. The van der Waals surface area contributed by atoms with Crippen LogP contribution in [0.4, 0.5) is 0 Å². The van der Waals surface area contributed by atoms with Crippen molar-refractivity contribution in [2.75, 3.05) is 13.1 Å². The van der Waals surface area contributed by atoms with Gasteiger partial charge in [0.05, 0.1) is 0 Å². The van der Waals surface area contributed by atoms with E-state index in [1.807, 2.05) is 0 Å². The number of carbonyl (C=O) groups excluding carboxylic acids is 1. The van der Waals surface area contributed by atoms with E-state index in [-0.39, 0.29) is 5.91 Å². The van der Waals surface area contributed by atoms with E-state index in [1.54, 1.807) is 12.3 Å². The first kappa shape index (κ1) is 9.21. The number of H-pyrrole nitrogens is 1. The van der Waals surface area contributed by atoms with E-state index in [9.17, 15) is 4.79 Å². The Hall–Kier alpha value is -1.36. The Morgan fingerprint density at radius 1 is 1.50 bits per heavy atom. The standard InChI is InChI=1S/C9H14N4O/c14-9(8-3-6-11-13-8)12-7-1-4-10-5-2-7/h3,6-7,10H,1-2,4-5H2,(H,11,13)(H,12,14). The van der Waals surface area contributed by atoms with Crippen LogP contribution in [0.25, 0.3) is 0 Å². The number of aromatic nitrogens is 2. The third kappa shape index (κ3) is 2.11. The van der Waals surface area contributed by atoms with Gasteiger partial charge < -0.3 is 10.6 Å². The number of nitrogens with zero attached hydrogens (tertiary/aromatic N) is 1. The van der Waals surface area contributed by atoms with Crippen molar-refractivity contribution in [1.29, 1.82) is 0 Å². The highest BCUT2D eigenvalue weighted by atomic mass is 16.2. The molecule has 1 aliphatic heterocycles. The van der Waals surface area contributed by atoms with Gasteiger partial charge in [0.15, 0.2) is 0 Å². The summed E-state index contributed by atoms with van der Waals surface area (Å²) < 4.78 is 0. The van der Waals surface area contributed by atoms with Gasteiger partial charge in [-0.2, -0.15) is 5.10 Å². The van der Waals surface area contributed by atoms with Crippen LogP contribution in [0.1, 0.15) is 23.3 Å². The molecular formula is C9H14N4O. The zero-order chi connectivity index (χ0) is 9.80. The molecule has 1 aromatic heterocycles. The summed E-state index contributed by atoms with van der Waals surface area (Å²) in [5.74, 6) is -0.0850. The minimum atomic E-state index is -0.0850. The summed E-state index contributed by atoms with van der Waals surface area (Å²) in [4.78, 5) is 11.6. The number of piperidine rings is 1. The Labute approximate surface area is 82.3 Å². The van der Waals surface area contributed by atoms with Crippen molar-refractivity contribution < 1.29 is 4.79 Å². The Bertz CT molecular complexity index is 290. The highest BCUT2D eigenvalue weighted by molar-refractivity contribution is 5.92. The number of hydrogen-bond acceptors (Lipinski definition) is 3. The summed E-state index contributed by atoms with van der Waals surface area (Å²) in [6.45, 7) is 1.96. The van der Waals surface area contributed by atoms with Crippen molar-refractivity contribution in [1.82, 2.24) is 20.8 Å². The number of amides is 1. The first-order valence-electron chi connectivity index (χ1n) is 4.87. The molecule has 2 rings (SSSR count). The van der Waals surface area contributed by atoms with Gasteiger partial charge in [-0.1, -0.05) is 0 Å².